The fraction of sp³-hybridized carbons (Fsp3) is 0.286. The van der Waals surface area contributed by atoms with Crippen molar-refractivity contribution in [1.29, 1.82) is 0 Å². The van der Waals surface area contributed by atoms with Crippen LogP contribution in [0.2, 0.25) is 0 Å². The minimum absolute atomic E-state index is 0.210. The Morgan fingerprint density at radius 1 is 0.806 bits per heavy atom. The quantitative estimate of drug-likeness (QED) is 0.303. The number of hydrogen-bond acceptors (Lipinski definition) is 6. The predicted octanol–water partition coefficient (Wildman–Crippen LogP) is 5.51. The summed E-state index contributed by atoms with van der Waals surface area (Å²) in [5.41, 5.74) is 4.78. The Balaban J connectivity index is 1.54. The van der Waals surface area contributed by atoms with E-state index < -0.39 is 0 Å². The van der Waals surface area contributed by atoms with Gasteiger partial charge in [-0.15, -0.1) is 10.2 Å². The Morgan fingerprint density at radius 2 is 1.56 bits per heavy atom. The predicted molar refractivity (Wildman–Crippen MR) is 138 cm³/mol. The minimum Gasteiger partial charge on any atom is -0.493 e. The average molecular weight is 485 g/mol. The summed E-state index contributed by atoms with van der Waals surface area (Å²) in [6.07, 6.45) is 7.65. The van der Waals surface area contributed by atoms with E-state index in [1.807, 2.05) is 16.5 Å². The number of benzene rings is 2. The van der Waals surface area contributed by atoms with E-state index in [0.717, 1.165) is 35.3 Å². The number of aryl methyl sites for hydroxylation is 1. The molecule has 5 aromatic rings. The van der Waals surface area contributed by atoms with Gasteiger partial charge in [0.05, 0.1) is 27.4 Å². The van der Waals surface area contributed by atoms with Crippen LogP contribution < -0.4 is 18.9 Å². The fourth-order valence-corrected chi connectivity index (χ4v) is 4.74. The number of rotatable bonds is 7. The highest BCUT2D eigenvalue weighted by molar-refractivity contribution is 5.86. The Morgan fingerprint density at radius 3 is 2.22 bits per heavy atom. The summed E-state index contributed by atoms with van der Waals surface area (Å²) in [7, 11) is 6.85. The highest BCUT2D eigenvalue weighted by Crippen LogP contribution is 2.42. The van der Waals surface area contributed by atoms with Gasteiger partial charge in [0.15, 0.2) is 23.1 Å². The van der Waals surface area contributed by atoms with Gasteiger partial charge in [0.25, 0.3) is 0 Å². The van der Waals surface area contributed by atoms with Gasteiger partial charge in [0.1, 0.15) is 0 Å². The second kappa shape index (κ2) is 8.78. The monoisotopic (exact) mass is 484 g/mol. The third-order valence-corrected chi connectivity index (χ3v) is 6.96. The Bertz CT molecular complexity index is 1560. The molecule has 1 aliphatic rings. The van der Waals surface area contributed by atoms with Crippen molar-refractivity contribution in [3.8, 4) is 45.5 Å². The smallest absolute Gasteiger partial charge is 0.203 e. The van der Waals surface area contributed by atoms with Gasteiger partial charge in [0, 0.05) is 41.5 Å². The maximum absolute atomic E-state index is 6.40. The molecular weight excluding hydrogens is 456 g/mol. The topological polar surface area (TPSA) is 72.0 Å². The van der Waals surface area contributed by atoms with Crippen LogP contribution in [0.1, 0.15) is 19.3 Å². The first kappa shape index (κ1) is 22.3. The van der Waals surface area contributed by atoms with Crippen molar-refractivity contribution in [1.82, 2.24) is 19.2 Å². The van der Waals surface area contributed by atoms with Crippen molar-refractivity contribution < 1.29 is 18.9 Å². The fourth-order valence-electron chi connectivity index (χ4n) is 4.74. The third kappa shape index (κ3) is 3.61. The summed E-state index contributed by atoms with van der Waals surface area (Å²) in [6, 6.07) is 14.5. The molecule has 3 aromatic heterocycles. The van der Waals surface area contributed by atoms with Crippen molar-refractivity contribution >= 4 is 16.6 Å². The van der Waals surface area contributed by atoms with Gasteiger partial charge in [-0.1, -0.05) is 6.07 Å². The highest BCUT2D eigenvalue weighted by Gasteiger charge is 2.24. The molecule has 0 unspecified atom stereocenters. The van der Waals surface area contributed by atoms with E-state index in [1.165, 1.54) is 17.3 Å². The zero-order chi connectivity index (χ0) is 24.8. The maximum atomic E-state index is 6.40. The molecule has 0 radical (unpaired) electrons. The molecule has 0 atom stereocenters. The van der Waals surface area contributed by atoms with Crippen molar-refractivity contribution in [2.45, 2.75) is 25.4 Å². The SMILES string of the molecule is COc1cc(-c2nnc3c(OC4CCC4)cc(-c4ccc5c(ccn5C)c4)cn23)cc(OC)c1OC. The first-order chi connectivity index (χ1) is 17.6. The van der Waals surface area contributed by atoms with Crippen LogP contribution in [-0.4, -0.2) is 46.6 Å². The molecule has 6 rings (SSSR count). The van der Waals surface area contributed by atoms with Gasteiger partial charge in [-0.2, -0.15) is 0 Å². The summed E-state index contributed by atoms with van der Waals surface area (Å²) < 4.78 is 27.2. The lowest BCUT2D eigenvalue weighted by atomic mass is 9.96. The largest absolute Gasteiger partial charge is 0.493 e. The molecule has 0 bridgehead atoms. The molecule has 2 aromatic carbocycles. The van der Waals surface area contributed by atoms with Gasteiger partial charge >= 0.3 is 0 Å². The van der Waals surface area contributed by atoms with E-state index in [9.17, 15) is 0 Å². The molecule has 184 valence electrons. The standard InChI is InChI=1S/C28H28N4O4/c1-31-11-10-18-12-17(8-9-22(18)31)20-15-25(36-21-6-5-7-21)28-30-29-27(32(28)16-20)19-13-23(33-2)26(35-4)24(14-19)34-3/h8-16,21H,5-7H2,1-4H3. The number of methoxy groups -OCH3 is 3. The van der Waals surface area contributed by atoms with Gasteiger partial charge in [0.2, 0.25) is 11.4 Å². The Labute approximate surface area is 209 Å². The number of hydrogen-bond donors (Lipinski definition) is 0. The van der Waals surface area contributed by atoms with Crippen LogP contribution in [0.25, 0.3) is 39.1 Å². The molecule has 0 spiro atoms. The highest BCUT2D eigenvalue weighted by atomic mass is 16.5. The van der Waals surface area contributed by atoms with Crippen molar-refractivity contribution in [2.75, 3.05) is 21.3 Å². The van der Waals surface area contributed by atoms with Crippen molar-refractivity contribution in [2.24, 2.45) is 7.05 Å². The molecule has 36 heavy (non-hydrogen) atoms. The van der Waals surface area contributed by atoms with E-state index in [0.29, 0.717) is 28.7 Å². The molecule has 1 fully saturated rings. The summed E-state index contributed by atoms with van der Waals surface area (Å²) in [4.78, 5) is 0. The van der Waals surface area contributed by atoms with Crippen LogP contribution in [0.15, 0.2) is 54.9 Å². The Kier molecular flexibility index (Phi) is 5.44. The van der Waals surface area contributed by atoms with Crippen molar-refractivity contribution in [3.05, 3.63) is 54.9 Å². The summed E-state index contributed by atoms with van der Waals surface area (Å²) >= 11 is 0. The normalized spacial score (nSPS) is 13.7. The van der Waals surface area contributed by atoms with Crippen LogP contribution in [0.4, 0.5) is 0 Å². The van der Waals surface area contributed by atoms with Crippen LogP contribution in [-0.2, 0) is 7.05 Å². The molecule has 0 saturated heterocycles. The molecule has 8 nitrogen and oxygen atoms in total. The van der Waals surface area contributed by atoms with Crippen LogP contribution in [0, 0.1) is 0 Å². The molecule has 0 aliphatic heterocycles. The average Bonchev–Trinajstić information content (AvgIpc) is 3.48. The van der Waals surface area contributed by atoms with Gasteiger partial charge in [-0.05, 0) is 61.2 Å². The first-order valence-electron chi connectivity index (χ1n) is 12.0. The summed E-state index contributed by atoms with van der Waals surface area (Å²) in [5, 5.41) is 10.3. The van der Waals surface area contributed by atoms with E-state index in [1.54, 1.807) is 21.3 Å². The van der Waals surface area contributed by atoms with Gasteiger partial charge in [-0.3, -0.25) is 4.40 Å². The molecule has 0 N–H and O–H groups in total. The number of nitrogens with zero attached hydrogens (tertiary/aromatic N) is 4. The molecule has 0 amide bonds. The third-order valence-electron chi connectivity index (χ3n) is 6.96. The van der Waals surface area contributed by atoms with E-state index in [2.05, 4.69) is 64.5 Å². The van der Waals surface area contributed by atoms with Gasteiger partial charge < -0.3 is 23.5 Å². The van der Waals surface area contributed by atoms with Crippen LogP contribution >= 0.6 is 0 Å². The number of fused-ring (bicyclic) bond motifs is 2. The second-order valence-electron chi connectivity index (χ2n) is 9.10. The molecule has 1 aliphatic carbocycles. The Hall–Kier alpha value is -4.20. The molecule has 1 saturated carbocycles. The van der Waals surface area contributed by atoms with Crippen LogP contribution in [0.5, 0.6) is 23.0 Å². The van der Waals surface area contributed by atoms with Gasteiger partial charge in [-0.25, -0.2) is 0 Å². The molecular formula is C28H28N4O4. The van der Waals surface area contributed by atoms with E-state index >= 15 is 0 Å². The number of ether oxygens (including phenoxy) is 4. The summed E-state index contributed by atoms with van der Waals surface area (Å²) in [5.74, 6) is 3.03. The number of pyridine rings is 1. The number of aromatic nitrogens is 4. The maximum Gasteiger partial charge on any atom is 0.203 e. The van der Waals surface area contributed by atoms with Crippen LogP contribution in [0.3, 0.4) is 0 Å². The zero-order valence-electron chi connectivity index (χ0n) is 20.8. The minimum atomic E-state index is 0.210. The molecule has 3 heterocycles. The lowest BCUT2D eigenvalue weighted by Crippen LogP contribution is -2.24. The van der Waals surface area contributed by atoms with E-state index in [4.69, 9.17) is 18.9 Å². The van der Waals surface area contributed by atoms with Crippen molar-refractivity contribution in [3.63, 3.8) is 0 Å². The first-order valence-corrected chi connectivity index (χ1v) is 12.0. The molecule has 8 heteroatoms. The summed E-state index contributed by atoms with van der Waals surface area (Å²) in [6.45, 7) is 0. The zero-order valence-corrected chi connectivity index (χ0v) is 20.8. The lowest BCUT2D eigenvalue weighted by Gasteiger charge is -2.26. The second-order valence-corrected chi connectivity index (χ2v) is 9.10. The van der Waals surface area contributed by atoms with E-state index in [-0.39, 0.29) is 6.10 Å². The lowest BCUT2D eigenvalue weighted by molar-refractivity contribution is 0.121.